The van der Waals surface area contributed by atoms with Crippen molar-refractivity contribution in [3.8, 4) is 0 Å². The Labute approximate surface area is 265 Å². The van der Waals surface area contributed by atoms with Crippen molar-refractivity contribution in [1.82, 2.24) is 0 Å². The topological polar surface area (TPSA) is 149 Å². The van der Waals surface area contributed by atoms with Gasteiger partial charge in [0.15, 0.2) is 5.41 Å². The monoisotopic (exact) mass is 714 g/mol. The maximum atomic E-state index is 13.1. The second-order valence-corrected chi connectivity index (χ2v) is 15.0. The van der Waals surface area contributed by atoms with Crippen molar-refractivity contribution in [3.63, 3.8) is 0 Å². The molecule has 4 N–H and O–H groups in total. The number of aromatic carboxylic acids is 1. The standard InChI is InChI=1S/C32H44Br2O8/c1-5-9-13-19-20(14-10-6-2)25(22(16-12-8-4)26(28(37)38)21(19)15-11-7-3)23-17-24(27(35)36)31(29(39)40,30(41)42)18-32(23,33)34/h17,24H,5-16,18H2,1-4H3,(H,35,36)(H,37,38)(H,39,40)(H,41,42). The SMILES string of the molecule is CCCCc1c(CCCC)c(C(=O)O)c(CCCC)c(C2=CC(C(=O)O)C(C(=O)O)(C(=O)O)CC2(Br)Br)c1CCCC. The van der Waals surface area contributed by atoms with Gasteiger partial charge in [0, 0.05) is 6.42 Å². The normalized spacial score (nSPS) is 17.5. The van der Waals surface area contributed by atoms with Crippen LogP contribution in [0.1, 0.15) is 124 Å². The first-order chi connectivity index (χ1) is 19.8. The van der Waals surface area contributed by atoms with Gasteiger partial charge >= 0.3 is 23.9 Å². The summed E-state index contributed by atoms with van der Waals surface area (Å²) in [5, 5.41) is 41.1. The van der Waals surface area contributed by atoms with Crippen LogP contribution in [0.4, 0.5) is 0 Å². The van der Waals surface area contributed by atoms with E-state index in [1.165, 1.54) is 6.08 Å². The fraction of sp³-hybridized carbons (Fsp3) is 0.625. The fourth-order valence-electron chi connectivity index (χ4n) is 6.12. The molecule has 1 aliphatic carbocycles. The third-order valence-corrected chi connectivity index (χ3v) is 9.74. The highest BCUT2D eigenvalue weighted by molar-refractivity contribution is 9.25. The van der Waals surface area contributed by atoms with Gasteiger partial charge in [0.25, 0.3) is 0 Å². The molecule has 0 amide bonds. The molecule has 0 fully saturated rings. The Hall–Kier alpha value is -2.20. The summed E-state index contributed by atoms with van der Waals surface area (Å²) in [6.45, 7) is 8.23. The van der Waals surface area contributed by atoms with Gasteiger partial charge in [-0.2, -0.15) is 0 Å². The molecular formula is C32H44Br2O8. The van der Waals surface area contributed by atoms with Crippen LogP contribution in [0.3, 0.4) is 0 Å². The number of aliphatic carboxylic acids is 3. The lowest BCUT2D eigenvalue weighted by atomic mass is 9.65. The lowest BCUT2D eigenvalue weighted by Crippen LogP contribution is -2.53. The van der Waals surface area contributed by atoms with Gasteiger partial charge in [0.1, 0.15) is 9.15 Å². The predicted molar refractivity (Wildman–Crippen MR) is 170 cm³/mol. The number of allylic oxidation sites excluding steroid dienone is 1. The van der Waals surface area contributed by atoms with E-state index in [2.05, 4.69) is 52.6 Å². The maximum Gasteiger partial charge on any atom is 0.336 e. The van der Waals surface area contributed by atoms with E-state index in [0.29, 0.717) is 48.8 Å². The number of rotatable bonds is 17. The third kappa shape index (κ3) is 7.29. The Morgan fingerprint density at radius 2 is 1.14 bits per heavy atom. The Morgan fingerprint density at radius 3 is 1.55 bits per heavy atom. The molecule has 10 heteroatoms. The highest BCUT2D eigenvalue weighted by Gasteiger charge is 2.62. The lowest BCUT2D eigenvalue weighted by molar-refractivity contribution is -0.174. The average Bonchev–Trinajstić information content (AvgIpc) is 2.91. The number of hydrogen-bond donors (Lipinski definition) is 4. The first-order valence-electron chi connectivity index (χ1n) is 15.0. The van der Waals surface area contributed by atoms with E-state index < -0.39 is 44.9 Å². The van der Waals surface area contributed by atoms with Crippen molar-refractivity contribution >= 4 is 61.3 Å². The summed E-state index contributed by atoms with van der Waals surface area (Å²) in [5.74, 6) is -7.98. The summed E-state index contributed by atoms with van der Waals surface area (Å²) in [6, 6.07) is 0. The molecule has 0 spiro atoms. The van der Waals surface area contributed by atoms with Crippen molar-refractivity contribution in [2.75, 3.05) is 0 Å². The molecule has 0 saturated carbocycles. The van der Waals surface area contributed by atoms with E-state index >= 15 is 0 Å². The minimum atomic E-state index is -2.64. The molecule has 0 bridgehead atoms. The van der Waals surface area contributed by atoms with Crippen LogP contribution in [0, 0.1) is 11.3 Å². The number of carbonyl (C=O) groups is 4. The van der Waals surface area contributed by atoms with E-state index in [1.54, 1.807) is 0 Å². The van der Waals surface area contributed by atoms with Crippen LogP contribution in [-0.4, -0.2) is 47.5 Å². The highest BCUT2D eigenvalue weighted by Crippen LogP contribution is 2.57. The number of halogens is 2. The summed E-state index contributed by atoms with van der Waals surface area (Å²) in [7, 11) is 0. The summed E-state index contributed by atoms with van der Waals surface area (Å²) < 4.78 is -1.44. The van der Waals surface area contributed by atoms with Gasteiger partial charge in [-0.05, 0) is 84.8 Å². The molecule has 0 aromatic heterocycles. The van der Waals surface area contributed by atoms with Crippen molar-refractivity contribution in [2.24, 2.45) is 11.3 Å². The zero-order valence-electron chi connectivity index (χ0n) is 25.0. The first-order valence-corrected chi connectivity index (χ1v) is 16.6. The summed E-state index contributed by atoms with van der Waals surface area (Å²) >= 11 is 7.14. The second kappa shape index (κ2) is 15.5. The number of alkyl halides is 2. The molecule has 2 rings (SSSR count). The van der Waals surface area contributed by atoms with Crippen LogP contribution in [0.2, 0.25) is 0 Å². The minimum Gasteiger partial charge on any atom is -0.481 e. The molecule has 8 nitrogen and oxygen atoms in total. The Morgan fingerprint density at radius 1 is 0.714 bits per heavy atom. The predicted octanol–water partition coefficient (Wildman–Crippen LogP) is 7.88. The summed E-state index contributed by atoms with van der Waals surface area (Å²) in [5.41, 5.74) is 1.99. The molecule has 1 atom stereocenters. The first kappa shape index (κ1) is 36.0. The molecule has 0 aliphatic heterocycles. The zero-order chi connectivity index (χ0) is 31.8. The summed E-state index contributed by atoms with van der Waals surface area (Å²) in [6.07, 6.45) is 9.65. The van der Waals surface area contributed by atoms with E-state index in [-0.39, 0.29) is 5.56 Å². The second-order valence-electron chi connectivity index (χ2n) is 11.2. The molecule has 234 valence electrons. The number of hydrogen-bond acceptors (Lipinski definition) is 4. The average molecular weight is 717 g/mol. The van der Waals surface area contributed by atoms with Gasteiger partial charge in [0.05, 0.1) is 5.56 Å². The van der Waals surface area contributed by atoms with Crippen molar-refractivity contribution < 1.29 is 39.6 Å². The fourth-order valence-corrected chi connectivity index (χ4v) is 7.66. The largest absolute Gasteiger partial charge is 0.481 e. The van der Waals surface area contributed by atoms with Gasteiger partial charge in [-0.15, -0.1) is 0 Å². The van der Waals surface area contributed by atoms with Crippen LogP contribution < -0.4 is 0 Å². The number of carboxylic acid groups (broad SMARTS) is 4. The van der Waals surface area contributed by atoms with Gasteiger partial charge in [-0.3, -0.25) is 14.4 Å². The minimum absolute atomic E-state index is 0.245. The van der Waals surface area contributed by atoms with Crippen molar-refractivity contribution in [1.29, 1.82) is 0 Å². The third-order valence-electron chi connectivity index (χ3n) is 8.33. The maximum absolute atomic E-state index is 13.1. The molecule has 1 aromatic rings. The molecule has 0 saturated heterocycles. The smallest absolute Gasteiger partial charge is 0.336 e. The quantitative estimate of drug-likeness (QED) is 0.0940. The zero-order valence-corrected chi connectivity index (χ0v) is 28.2. The van der Waals surface area contributed by atoms with E-state index in [1.807, 2.05) is 6.92 Å². The number of benzene rings is 1. The Kier molecular flexibility index (Phi) is 13.3. The van der Waals surface area contributed by atoms with Crippen LogP contribution in [0.5, 0.6) is 0 Å². The molecule has 0 radical (unpaired) electrons. The molecule has 1 aliphatic rings. The van der Waals surface area contributed by atoms with Crippen LogP contribution >= 0.6 is 31.9 Å². The van der Waals surface area contributed by atoms with Crippen molar-refractivity contribution in [2.45, 2.75) is 114 Å². The van der Waals surface area contributed by atoms with Gasteiger partial charge in [-0.25, -0.2) is 4.79 Å². The number of carboxylic acids is 4. The molecule has 1 unspecified atom stereocenters. The van der Waals surface area contributed by atoms with Gasteiger partial charge in [-0.1, -0.05) is 91.3 Å². The van der Waals surface area contributed by atoms with Gasteiger partial charge < -0.3 is 20.4 Å². The van der Waals surface area contributed by atoms with Crippen LogP contribution in [-0.2, 0) is 40.1 Å². The number of unbranched alkanes of at least 4 members (excludes halogenated alkanes) is 4. The molecular weight excluding hydrogens is 672 g/mol. The molecule has 42 heavy (non-hydrogen) atoms. The summed E-state index contributed by atoms with van der Waals surface area (Å²) in [4.78, 5) is 50.5. The van der Waals surface area contributed by atoms with Gasteiger partial charge in [0.2, 0.25) is 0 Å². The Balaban J connectivity index is 3.24. The molecule has 0 heterocycles. The van der Waals surface area contributed by atoms with E-state index in [0.717, 1.165) is 61.6 Å². The molecule has 1 aromatic carbocycles. The van der Waals surface area contributed by atoms with Crippen molar-refractivity contribution in [3.05, 3.63) is 39.5 Å². The van der Waals surface area contributed by atoms with Crippen LogP contribution in [0.15, 0.2) is 6.08 Å². The van der Waals surface area contributed by atoms with Crippen LogP contribution in [0.25, 0.3) is 5.57 Å². The van der Waals surface area contributed by atoms with E-state index in [9.17, 15) is 39.6 Å². The van der Waals surface area contributed by atoms with E-state index in [4.69, 9.17) is 0 Å². The lowest BCUT2D eigenvalue weighted by Gasteiger charge is -2.42. The Bertz CT molecular complexity index is 1200. The highest BCUT2D eigenvalue weighted by atomic mass is 79.9.